The molecule has 0 bridgehead atoms. The minimum Gasteiger partial charge on any atom is -0.452 e. The lowest BCUT2D eigenvalue weighted by atomic mass is 10.2. The highest BCUT2D eigenvalue weighted by Gasteiger charge is 2.10. The first-order valence-electron chi connectivity index (χ1n) is 7.63. The molecule has 0 aliphatic rings. The number of tetrazole rings is 1. The number of aromatic nitrogens is 4. The second-order valence-corrected chi connectivity index (χ2v) is 5.28. The third kappa shape index (κ3) is 4.47. The predicted octanol–water partition coefficient (Wildman–Crippen LogP) is 1.27. The lowest BCUT2D eigenvalue weighted by Gasteiger charge is -2.07. The molecule has 1 aromatic heterocycles. The van der Waals surface area contributed by atoms with Crippen molar-refractivity contribution in [2.45, 2.75) is 6.54 Å². The van der Waals surface area contributed by atoms with Crippen LogP contribution in [0.4, 0.5) is 4.39 Å². The van der Waals surface area contributed by atoms with E-state index in [-0.39, 0.29) is 12.4 Å². The number of carbonyl (C=O) groups excluding carboxylic acids is 2. The van der Waals surface area contributed by atoms with Gasteiger partial charge in [0, 0.05) is 6.54 Å². The van der Waals surface area contributed by atoms with Crippen LogP contribution in [0.25, 0.3) is 5.69 Å². The summed E-state index contributed by atoms with van der Waals surface area (Å²) in [6.45, 7) is -0.188. The van der Waals surface area contributed by atoms with Gasteiger partial charge in [-0.05, 0) is 52.4 Å². The Bertz CT molecular complexity index is 880. The van der Waals surface area contributed by atoms with Gasteiger partial charge in [0.1, 0.15) is 12.1 Å². The molecular formula is C17H14FN5O3. The number of hydrogen-bond donors (Lipinski definition) is 1. The first kappa shape index (κ1) is 17.2. The Morgan fingerprint density at radius 1 is 1.08 bits per heavy atom. The maximum Gasteiger partial charge on any atom is 0.338 e. The molecule has 0 spiro atoms. The fraction of sp³-hybridized carbons (Fsp3) is 0.118. The molecule has 0 atom stereocenters. The van der Waals surface area contributed by atoms with Gasteiger partial charge in [0.05, 0.1) is 11.3 Å². The SMILES string of the molecule is O=C(COC(=O)c1ccc(-n2cnnn2)cc1)NCc1ccc(F)cc1. The Balaban J connectivity index is 1.47. The van der Waals surface area contributed by atoms with Crippen molar-refractivity contribution in [3.05, 3.63) is 71.8 Å². The third-order valence-electron chi connectivity index (χ3n) is 3.45. The van der Waals surface area contributed by atoms with Crippen molar-refractivity contribution in [2.24, 2.45) is 0 Å². The molecule has 1 heterocycles. The van der Waals surface area contributed by atoms with Gasteiger partial charge in [0.2, 0.25) is 0 Å². The van der Waals surface area contributed by atoms with Crippen LogP contribution < -0.4 is 5.32 Å². The Morgan fingerprint density at radius 3 is 2.46 bits per heavy atom. The van der Waals surface area contributed by atoms with Crippen molar-refractivity contribution in [1.82, 2.24) is 25.5 Å². The smallest absolute Gasteiger partial charge is 0.338 e. The van der Waals surface area contributed by atoms with Gasteiger partial charge >= 0.3 is 5.97 Å². The second-order valence-electron chi connectivity index (χ2n) is 5.28. The first-order valence-corrected chi connectivity index (χ1v) is 7.63. The van der Waals surface area contributed by atoms with Gasteiger partial charge in [-0.3, -0.25) is 4.79 Å². The van der Waals surface area contributed by atoms with Gasteiger partial charge in [-0.25, -0.2) is 13.9 Å². The molecule has 9 heteroatoms. The molecule has 132 valence electrons. The summed E-state index contributed by atoms with van der Waals surface area (Å²) in [7, 11) is 0. The number of carbonyl (C=O) groups is 2. The zero-order valence-corrected chi connectivity index (χ0v) is 13.5. The van der Waals surface area contributed by atoms with Crippen molar-refractivity contribution >= 4 is 11.9 Å². The Labute approximate surface area is 147 Å². The van der Waals surface area contributed by atoms with E-state index in [0.29, 0.717) is 11.3 Å². The summed E-state index contributed by atoms with van der Waals surface area (Å²) in [4.78, 5) is 23.7. The van der Waals surface area contributed by atoms with Crippen LogP contribution in [0.15, 0.2) is 54.9 Å². The zero-order valence-electron chi connectivity index (χ0n) is 13.5. The first-order chi connectivity index (χ1) is 12.6. The molecule has 2 aromatic carbocycles. The van der Waals surface area contributed by atoms with Gasteiger partial charge in [0.25, 0.3) is 5.91 Å². The van der Waals surface area contributed by atoms with Gasteiger partial charge < -0.3 is 10.1 Å². The molecule has 0 radical (unpaired) electrons. The fourth-order valence-electron chi connectivity index (χ4n) is 2.10. The van der Waals surface area contributed by atoms with Crippen molar-refractivity contribution in [3.63, 3.8) is 0 Å². The van der Waals surface area contributed by atoms with Gasteiger partial charge in [0.15, 0.2) is 6.61 Å². The molecule has 0 fully saturated rings. The average Bonchev–Trinajstić information content (AvgIpc) is 3.20. The fourth-order valence-corrected chi connectivity index (χ4v) is 2.10. The number of ether oxygens (including phenoxy) is 1. The number of amides is 1. The normalized spacial score (nSPS) is 10.3. The molecule has 3 rings (SSSR count). The van der Waals surface area contributed by atoms with E-state index >= 15 is 0 Å². The largest absolute Gasteiger partial charge is 0.452 e. The van der Waals surface area contributed by atoms with E-state index in [4.69, 9.17) is 4.74 Å². The highest BCUT2D eigenvalue weighted by molar-refractivity contribution is 5.91. The van der Waals surface area contributed by atoms with E-state index in [2.05, 4.69) is 20.8 Å². The van der Waals surface area contributed by atoms with Crippen LogP contribution in [0.2, 0.25) is 0 Å². The second kappa shape index (κ2) is 7.97. The van der Waals surface area contributed by atoms with Crippen LogP contribution in [0.1, 0.15) is 15.9 Å². The minimum atomic E-state index is -0.620. The molecule has 8 nitrogen and oxygen atoms in total. The summed E-state index contributed by atoms with van der Waals surface area (Å²) in [6, 6.07) is 12.2. The van der Waals surface area contributed by atoms with Crippen LogP contribution in [-0.4, -0.2) is 38.7 Å². The van der Waals surface area contributed by atoms with Crippen molar-refractivity contribution in [1.29, 1.82) is 0 Å². The van der Waals surface area contributed by atoms with E-state index in [1.54, 1.807) is 36.4 Å². The van der Waals surface area contributed by atoms with Gasteiger partial charge in [-0.2, -0.15) is 0 Å². The van der Waals surface area contributed by atoms with Crippen LogP contribution in [0.3, 0.4) is 0 Å². The monoisotopic (exact) mass is 355 g/mol. The van der Waals surface area contributed by atoms with E-state index < -0.39 is 18.5 Å². The Hall–Kier alpha value is -3.62. The van der Waals surface area contributed by atoms with Crippen molar-refractivity contribution < 1.29 is 18.7 Å². The summed E-state index contributed by atoms with van der Waals surface area (Å²) >= 11 is 0. The van der Waals surface area contributed by atoms with Crippen LogP contribution in [0, 0.1) is 5.82 Å². The molecule has 0 aliphatic carbocycles. The lowest BCUT2D eigenvalue weighted by molar-refractivity contribution is -0.124. The maximum absolute atomic E-state index is 12.8. The quantitative estimate of drug-likeness (QED) is 0.669. The number of hydrogen-bond acceptors (Lipinski definition) is 6. The Morgan fingerprint density at radius 2 is 1.81 bits per heavy atom. The Kier molecular flexibility index (Phi) is 5.28. The molecular weight excluding hydrogens is 341 g/mol. The van der Waals surface area contributed by atoms with Crippen molar-refractivity contribution in [3.8, 4) is 5.69 Å². The van der Waals surface area contributed by atoms with E-state index in [9.17, 15) is 14.0 Å². The number of rotatable bonds is 6. The van der Waals surface area contributed by atoms with Crippen LogP contribution in [-0.2, 0) is 16.1 Å². The highest BCUT2D eigenvalue weighted by Crippen LogP contribution is 2.09. The van der Waals surface area contributed by atoms with E-state index in [0.717, 1.165) is 5.56 Å². The summed E-state index contributed by atoms with van der Waals surface area (Å²) in [5, 5.41) is 13.4. The maximum atomic E-state index is 12.8. The summed E-state index contributed by atoms with van der Waals surface area (Å²) in [5.41, 5.74) is 1.72. The molecule has 26 heavy (non-hydrogen) atoms. The molecule has 0 unspecified atom stereocenters. The molecule has 3 aromatic rings. The van der Waals surface area contributed by atoms with Gasteiger partial charge in [-0.1, -0.05) is 12.1 Å². The molecule has 1 amide bonds. The average molecular weight is 355 g/mol. The number of esters is 1. The number of nitrogens with one attached hydrogen (secondary N) is 1. The lowest BCUT2D eigenvalue weighted by Crippen LogP contribution is -2.28. The van der Waals surface area contributed by atoms with Crippen LogP contribution >= 0.6 is 0 Å². The number of halogens is 1. The predicted molar refractivity (Wildman–Crippen MR) is 87.7 cm³/mol. The van der Waals surface area contributed by atoms with Gasteiger partial charge in [-0.15, -0.1) is 5.10 Å². The molecule has 1 N–H and O–H groups in total. The van der Waals surface area contributed by atoms with Crippen LogP contribution in [0.5, 0.6) is 0 Å². The van der Waals surface area contributed by atoms with E-state index in [1.165, 1.54) is 23.1 Å². The number of benzene rings is 2. The standard InChI is InChI=1S/C17H14FN5O3/c18-14-5-1-12(2-6-14)9-19-16(24)10-26-17(25)13-3-7-15(8-4-13)23-11-20-21-22-23/h1-8,11H,9-10H2,(H,19,24). The summed E-state index contributed by atoms with van der Waals surface area (Å²) in [6.07, 6.45) is 1.43. The topological polar surface area (TPSA) is 99.0 Å². The molecule has 0 saturated heterocycles. The molecule has 0 saturated carbocycles. The highest BCUT2D eigenvalue weighted by atomic mass is 19.1. The number of nitrogens with zero attached hydrogens (tertiary/aromatic N) is 4. The third-order valence-corrected chi connectivity index (χ3v) is 3.45. The van der Waals surface area contributed by atoms with E-state index in [1.807, 2.05) is 0 Å². The summed E-state index contributed by atoms with van der Waals surface area (Å²) in [5.74, 6) is -1.42. The van der Waals surface area contributed by atoms with Crippen molar-refractivity contribution in [2.75, 3.05) is 6.61 Å². The molecule has 0 aliphatic heterocycles. The minimum absolute atomic E-state index is 0.220. The zero-order chi connectivity index (χ0) is 18.4. The summed E-state index contributed by atoms with van der Waals surface area (Å²) < 4.78 is 19.2.